The van der Waals surface area contributed by atoms with E-state index in [1.807, 2.05) is 32.0 Å². The molecule has 1 saturated heterocycles. The van der Waals surface area contributed by atoms with Gasteiger partial charge < -0.3 is 14.8 Å². The van der Waals surface area contributed by atoms with Gasteiger partial charge in [0.15, 0.2) is 13.2 Å². The molecule has 124 valence electrons. The van der Waals surface area contributed by atoms with Crippen molar-refractivity contribution in [2.75, 3.05) is 26.3 Å². The highest BCUT2D eigenvalue weighted by molar-refractivity contribution is 5.96. The minimum atomic E-state index is -0.656. The van der Waals surface area contributed by atoms with Crippen LogP contribution in [0, 0.1) is 0 Å². The van der Waals surface area contributed by atoms with Crippen molar-refractivity contribution >= 4 is 17.9 Å². The van der Waals surface area contributed by atoms with E-state index in [2.05, 4.69) is 5.32 Å². The summed E-state index contributed by atoms with van der Waals surface area (Å²) in [7, 11) is 0. The highest BCUT2D eigenvalue weighted by Gasteiger charge is 2.26. The Kier molecular flexibility index (Phi) is 5.56. The lowest BCUT2D eigenvalue weighted by atomic mass is 10.0. The fraction of sp³-hybridized carbons (Fsp3) is 0.438. The molecule has 0 bridgehead atoms. The molecule has 0 aromatic heterocycles. The van der Waals surface area contributed by atoms with Crippen LogP contribution in [0.2, 0.25) is 0 Å². The second kappa shape index (κ2) is 7.62. The molecule has 0 radical (unpaired) electrons. The van der Waals surface area contributed by atoms with Gasteiger partial charge in [-0.05, 0) is 17.5 Å². The van der Waals surface area contributed by atoms with E-state index in [4.69, 9.17) is 9.47 Å². The normalized spacial score (nSPS) is 13.9. The quantitative estimate of drug-likeness (QED) is 0.798. The van der Waals surface area contributed by atoms with E-state index in [-0.39, 0.29) is 19.1 Å². The molecule has 23 heavy (non-hydrogen) atoms. The van der Waals surface area contributed by atoms with Crippen LogP contribution in [0.3, 0.4) is 0 Å². The highest BCUT2D eigenvalue weighted by atomic mass is 16.6. The third kappa shape index (κ3) is 4.45. The van der Waals surface area contributed by atoms with Crippen molar-refractivity contribution in [2.24, 2.45) is 0 Å². The summed E-state index contributed by atoms with van der Waals surface area (Å²) < 4.78 is 10.3. The maximum atomic E-state index is 11.7. The summed E-state index contributed by atoms with van der Waals surface area (Å²) in [5.74, 6) is -0.324. The van der Waals surface area contributed by atoms with Crippen LogP contribution in [-0.2, 0) is 14.3 Å². The Morgan fingerprint density at radius 2 is 2.00 bits per heavy atom. The number of hydrogen-bond acceptors (Lipinski definition) is 5. The lowest BCUT2D eigenvalue weighted by Gasteiger charge is -2.14. The number of imide groups is 1. The predicted octanol–water partition coefficient (Wildman–Crippen LogP) is 1.28. The van der Waals surface area contributed by atoms with Crippen LogP contribution >= 0.6 is 0 Å². The number of para-hydroxylation sites is 1. The smallest absolute Gasteiger partial charge is 0.344 e. The van der Waals surface area contributed by atoms with Gasteiger partial charge in [-0.1, -0.05) is 32.0 Å². The third-order valence-electron chi connectivity index (χ3n) is 3.40. The van der Waals surface area contributed by atoms with E-state index < -0.39 is 24.5 Å². The molecule has 1 aromatic carbocycles. The van der Waals surface area contributed by atoms with Crippen molar-refractivity contribution in [3.63, 3.8) is 0 Å². The molecule has 1 aliphatic heterocycles. The first-order valence-electron chi connectivity index (χ1n) is 7.44. The molecule has 7 heteroatoms. The fourth-order valence-corrected chi connectivity index (χ4v) is 2.20. The molecule has 3 amide bonds. The number of urea groups is 1. The molecular weight excluding hydrogens is 300 g/mol. The Balaban J connectivity index is 1.79. The van der Waals surface area contributed by atoms with Crippen molar-refractivity contribution in [1.29, 1.82) is 0 Å². The molecule has 1 aromatic rings. The molecule has 2 rings (SSSR count). The SMILES string of the molecule is CC(C)c1ccccc1OCC(=O)OCC(=O)N1CCNC1=O. The zero-order valence-corrected chi connectivity index (χ0v) is 13.2. The van der Waals surface area contributed by atoms with Crippen LogP contribution < -0.4 is 10.1 Å². The van der Waals surface area contributed by atoms with E-state index in [1.54, 1.807) is 6.07 Å². The van der Waals surface area contributed by atoms with Gasteiger partial charge >= 0.3 is 12.0 Å². The van der Waals surface area contributed by atoms with Crippen LogP contribution in [0.4, 0.5) is 4.79 Å². The minimum Gasteiger partial charge on any atom is -0.482 e. The molecule has 0 aliphatic carbocycles. The van der Waals surface area contributed by atoms with Gasteiger partial charge in [-0.2, -0.15) is 0 Å². The van der Waals surface area contributed by atoms with Crippen LogP contribution in [0.25, 0.3) is 0 Å². The average molecular weight is 320 g/mol. The van der Waals surface area contributed by atoms with Crippen LogP contribution in [0.5, 0.6) is 5.75 Å². The fourth-order valence-electron chi connectivity index (χ4n) is 2.20. The van der Waals surface area contributed by atoms with Gasteiger partial charge in [-0.15, -0.1) is 0 Å². The molecule has 1 aliphatic rings. The minimum absolute atomic E-state index is 0.262. The third-order valence-corrected chi connectivity index (χ3v) is 3.40. The molecule has 0 saturated carbocycles. The first-order chi connectivity index (χ1) is 11.0. The molecule has 1 fully saturated rings. The van der Waals surface area contributed by atoms with E-state index in [0.717, 1.165) is 10.5 Å². The van der Waals surface area contributed by atoms with Gasteiger partial charge in [-0.3, -0.25) is 9.69 Å². The monoisotopic (exact) mass is 320 g/mol. The summed E-state index contributed by atoms with van der Waals surface area (Å²) in [6, 6.07) is 6.97. The summed E-state index contributed by atoms with van der Waals surface area (Å²) in [5, 5.41) is 2.50. The Hall–Kier alpha value is -2.57. The second-order valence-electron chi connectivity index (χ2n) is 5.42. The summed E-state index contributed by atoms with van der Waals surface area (Å²) in [5.41, 5.74) is 0.991. The van der Waals surface area contributed by atoms with Crippen LogP contribution in [0.1, 0.15) is 25.3 Å². The van der Waals surface area contributed by atoms with Crippen molar-refractivity contribution in [3.05, 3.63) is 29.8 Å². The van der Waals surface area contributed by atoms with E-state index >= 15 is 0 Å². The lowest BCUT2D eigenvalue weighted by molar-refractivity contribution is -0.152. The first-order valence-corrected chi connectivity index (χ1v) is 7.44. The first kappa shape index (κ1) is 16.8. The van der Waals surface area contributed by atoms with Crippen molar-refractivity contribution < 1.29 is 23.9 Å². The molecular formula is C16H20N2O5. The van der Waals surface area contributed by atoms with Crippen LogP contribution in [0.15, 0.2) is 24.3 Å². The van der Waals surface area contributed by atoms with E-state index in [0.29, 0.717) is 12.3 Å². The predicted molar refractivity (Wildman–Crippen MR) is 82.1 cm³/mol. The number of carbonyl (C=O) groups excluding carboxylic acids is 3. The number of ether oxygens (including phenoxy) is 2. The zero-order chi connectivity index (χ0) is 16.8. The summed E-state index contributed by atoms with van der Waals surface area (Å²) in [6.45, 7) is 3.99. The van der Waals surface area contributed by atoms with Crippen molar-refractivity contribution in [1.82, 2.24) is 10.2 Å². The zero-order valence-electron chi connectivity index (χ0n) is 13.2. The van der Waals surface area contributed by atoms with Crippen molar-refractivity contribution in [3.8, 4) is 5.75 Å². The van der Waals surface area contributed by atoms with Gasteiger partial charge in [0.05, 0.1) is 0 Å². The van der Waals surface area contributed by atoms with Gasteiger partial charge in [0.25, 0.3) is 5.91 Å². The van der Waals surface area contributed by atoms with Crippen LogP contribution in [-0.4, -0.2) is 49.1 Å². The van der Waals surface area contributed by atoms with Crippen molar-refractivity contribution in [2.45, 2.75) is 19.8 Å². The Morgan fingerprint density at radius 1 is 1.26 bits per heavy atom. The number of hydrogen-bond donors (Lipinski definition) is 1. The Labute approximate surface area is 134 Å². The number of carbonyl (C=O) groups is 3. The summed E-state index contributed by atoms with van der Waals surface area (Å²) in [6.07, 6.45) is 0. The Bertz CT molecular complexity index is 600. The second-order valence-corrected chi connectivity index (χ2v) is 5.42. The van der Waals surface area contributed by atoms with Gasteiger partial charge in [-0.25, -0.2) is 9.59 Å². The van der Waals surface area contributed by atoms with Gasteiger partial charge in [0.1, 0.15) is 5.75 Å². The number of esters is 1. The van der Waals surface area contributed by atoms with E-state index in [9.17, 15) is 14.4 Å². The maximum Gasteiger partial charge on any atom is 0.344 e. The number of benzene rings is 1. The molecule has 0 atom stereocenters. The summed E-state index contributed by atoms with van der Waals surface area (Å²) in [4.78, 5) is 35.7. The highest BCUT2D eigenvalue weighted by Crippen LogP contribution is 2.25. The number of amides is 3. The summed E-state index contributed by atoms with van der Waals surface area (Å²) >= 11 is 0. The molecule has 7 nitrogen and oxygen atoms in total. The largest absolute Gasteiger partial charge is 0.482 e. The number of nitrogens with one attached hydrogen (secondary N) is 1. The molecule has 1 N–H and O–H groups in total. The number of rotatable bonds is 6. The Morgan fingerprint density at radius 3 is 2.65 bits per heavy atom. The standard InChI is InChI=1S/C16H20N2O5/c1-11(2)12-5-3-4-6-13(12)22-10-15(20)23-9-14(19)18-8-7-17-16(18)21/h3-6,11H,7-10H2,1-2H3,(H,17,21). The maximum absolute atomic E-state index is 11.7. The molecule has 1 heterocycles. The molecule has 0 unspecified atom stereocenters. The van der Waals surface area contributed by atoms with Gasteiger partial charge in [0, 0.05) is 13.1 Å². The lowest BCUT2D eigenvalue weighted by Crippen LogP contribution is -2.37. The topological polar surface area (TPSA) is 84.9 Å². The van der Waals surface area contributed by atoms with E-state index in [1.165, 1.54) is 0 Å². The number of nitrogens with zero attached hydrogens (tertiary/aromatic N) is 1. The molecule has 0 spiro atoms. The van der Waals surface area contributed by atoms with Gasteiger partial charge in [0.2, 0.25) is 0 Å². The average Bonchev–Trinajstić information content (AvgIpc) is 2.97.